The number of anilines is 3. The monoisotopic (exact) mass is 546 g/mol. The molecule has 0 aliphatic heterocycles. The standard InChI is InChI=1S/C24H30N6O5S2/c1-16-7-8-17(2)22(13-16)30(37(34,35)29(5)6)15-23(31)27-20-9-11-21(12-10-20)36(32,33)28-24-25-18(3)14-19(4)26-24/h7-14H,15H2,1-6H3,(H,27,31)(H,25,26,28). The second kappa shape index (κ2) is 10.8. The SMILES string of the molecule is Cc1ccc(C)c(N(CC(=O)Nc2ccc(S(=O)(=O)Nc3nc(C)cc(C)n3)cc2)S(=O)(=O)N(C)C)c1. The first-order valence-corrected chi connectivity index (χ1v) is 14.1. The molecule has 1 amide bonds. The molecule has 0 saturated carbocycles. The Balaban J connectivity index is 1.79. The van der Waals surface area contributed by atoms with Gasteiger partial charge in [-0.3, -0.25) is 4.79 Å². The molecule has 1 aromatic heterocycles. The van der Waals surface area contributed by atoms with Crippen LogP contribution in [0, 0.1) is 27.7 Å². The molecule has 0 bridgehead atoms. The van der Waals surface area contributed by atoms with E-state index >= 15 is 0 Å². The van der Waals surface area contributed by atoms with Gasteiger partial charge in [0.05, 0.1) is 10.6 Å². The Bertz CT molecular complexity index is 1500. The van der Waals surface area contributed by atoms with Crippen molar-refractivity contribution in [3.05, 3.63) is 71.0 Å². The number of aromatic nitrogens is 2. The number of carbonyl (C=O) groups excluding carboxylic acids is 1. The van der Waals surface area contributed by atoms with Gasteiger partial charge in [0.1, 0.15) is 6.54 Å². The Morgan fingerprint density at radius 1 is 0.865 bits per heavy atom. The number of amides is 1. The molecule has 13 heteroatoms. The highest BCUT2D eigenvalue weighted by Gasteiger charge is 2.28. The van der Waals surface area contributed by atoms with Crippen LogP contribution in [0.15, 0.2) is 53.4 Å². The Labute approximate surface area is 217 Å². The molecule has 11 nitrogen and oxygen atoms in total. The maximum atomic E-state index is 13.0. The van der Waals surface area contributed by atoms with Crippen LogP contribution < -0.4 is 14.3 Å². The summed E-state index contributed by atoms with van der Waals surface area (Å²) < 4.78 is 55.9. The third-order valence-corrected chi connectivity index (χ3v) is 8.47. The predicted octanol–water partition coefficient (Wildman–Crippen LogP) is 2.76. The fourth-order valence-corrected chi connectivity index (χ4v) is 5.54. The van der Waals surface area contributed by atoms with Gasteiger partial charge in [0.15, 0.2) is 0 Å². The Morgan fingerprint density at radius 3 is 2.03 bits per heavy atom. The molecule has 0 fully saturated rings. The molecule has 0 spiro atoms. The average Bonchev–Trinajstić information content (AvgIpc) is 2.78. The number of rotatable bonds is 9. The van der Waals surface area contributed by atoms with Gasteiger partial charge >= 0.3 is 10.2 Å². The molecule has 0 aliphatic rings. The van der Waals surface area contributed by atoms with E-state index in [0.717, 1.165) is 14.2 Å². The van der Waals surface area contributed by atoms with Crippen LogP contribution in [0.1, 0.15) is 22.5 Å². The molecule has 1 heterocycles. The summed E-state index contributed by atoms with van der Waals surface area (Å²) in [4.78, 5) is 21.0. The smallest absolute Gasteiger partial charge is 0.304 e. The maximum absolute atomic E-state index is 13.0. The summed E-state index contributed by atoms with van der Waals surface area (Å²) in [5.41, 5.74) is 3.47. The first-order chi connectivity index (χ1) is 17.2. The van der Waals surface area contributed by atoms with E-state index < -0.39 is 32.7 Å². The quantitative estimate of drug-likeness (QED) is 0.420. The van der Waals surface area contributed by atoms with Gasteiger partial charge < -0.3 is 5.32 Å². The van der Waals surface area contributed by atoms with Gasteiger partial charge in [0.2, 0.25) is 11.9 Å². The van der Waals surface area contributed by atoms with Crippen molar-refractivity contribution in [2.45, 2.75) is 32.6 Å². The number of carbonyl (C=O) groups is 1. The lowest BCUT2D eigenvalue weighted by molar-refractivity contribution is -0.114. The van der Waals surface area contributed by atoms with Gasteiger partial charge in [-0.05, 0) is 75.2 Å². The van der Waals surface area contributed by atoms with Crippen molar-refractivity contribution in [3.8, 4) is 0 Å². The van der Waals surface area contributed by atoms with Gasteiger partial charge in [-0.1, -0.05) is 12.1 Å². The first kappa shape index (κ1) is 28.0. The van der Waals surface area contributed by atoms with Crippen molar-refractivity contribution < 1.29 is 21.6 Å². The largest absolute Gasteiger partial charge is 0.325 e. The molecule has 37 heavy (non-hydrogen) atoms. The minimum absolute atomic E-state index is 0.0384. The van der Waals surface area contributed by atoms with E-state index in [2.05, 4.69) is 20.0 Å². The van der Waals surface area contributed by atoms with E-state index in [1.807, 2.05) is 13.0 Å². The van der Waals surface area contributed by atoms with Crippen molar-refractivity contribution in [1.29, 1.82) is 0 Å². The van der Waals surface area contributed by atoms with Gasteiger partial charge in [-0.25, -0.2) is 27.4 Å². The highest BCUT2D eigenvalue weighted by Crippen LogP contribution is 2.25. The topological polar surface area (TPSA) is 142 Å². The van der Waals surface area contributed by atoms with Crippen LogP contribution in [0.4, 0.5) is 17.3 Å². The summed E-state index contributed by atoms with van der Waals surface area (Å²) in [6.07, 6.45) is 0. The minimum atomic E-state index is -3.97. The van der Waals surface area contributed by atoms with E-state index in [4.69, 9.17) is 0 Å². The minimum Gasteiger partial charge on any atom is -0.325 e. The van der Waals surface area contributed by atoms with Crippen molar-refractivity contribution in [3.63, 3.8) is 0 Å². The van der Waals surface area contributed by atoms with Crippen LogP contribution in [0.2, 0.25) is 0 Å². The molecule has 0 radical (unpaired) electrons. The van der Waals surface area contributed by atoms with Gasteiger partial charge in [-0.15, -0.1) is 0 Å². The molecule has 0 atom stereocenters. The summed E-state index contributed by atoms with van der Waals surface area (Å²) in [7, 11) is -5.16. The number of hydrogen-bond donors (Lipinski definition) is 2. The van der Waals surface area contributed by atoms with Crippen LogP contribution in [0.25, 0.3) is 0 Å². The summed E-state index contributed by atoms with van der Waals surface area (Å²) in [6, 6.07) is 12.5. The Hall–Kier alpha value is -3.55. The highest BCUT2D eigenvalue weighted by molar-refractivity contribution is 7.92. The Kier molecular flexibility index (Phi) is 8.20. The van der Waals surface area contributed by atoms with Crippen LogP contribution >= 0.6 is 0 Å². The van der Waals surface area contributed by atoms with Crippen LogP contribution in [-0.4, -0.2) is 57.7 Å². The van der Waals surface area contributed by atoms with Crippen LogP contribution in [0.3, 0.4) is 0 Å². The number of benzene rings is 2. The molecule has 3 rings (SSSR count). The molecule has 0 saturated heterocycles. The van der Waals surface area contributed by atoms with E-state index in [-0.39, 0.29) is 10.8 Å². The molecule has 2 N–H and O–H groups in total. The van der Waals surface area contributed by atoms with E-state index in [0.29, 0.717) is 28.3 Å². The molecular formula is C24H30N6O5S2. The van der Waals surface area contributed by atoms with E-state index in [1.165, 1.54) is 38.4 Å². The van der Waals surface area contributed by atoms with Crippen molar-refractivity contribution >= 4 is 43.5 Å². The van der Waals surface area contributed by atoms with E-state index in [1.54, 1.807) is 39.0 Å². The van der Waals surface area contributed by atoms with Crippen LogP contribution in [0.5, 0.6) is 0 Å². The molecular weight excluding hydrogens is 516 g/mol. The molecule has 0 aliphatic carbocycles. The third-order valence-electron chi connectivity index (χ3n) is 5.32. The number of sulfonamides is 1. The summed E-state index contributed by atoms with van der Waals surface area (Å²) >= 11 is 0. The first-order valence-electron chi connectivity index (χ1n) is 11.2. The predicted molar refractivity (Wildman–Crippen MR) is 143 cm³/mol. The van der Waals surface area contributed by atoms with E-state index in [9.17, 15) is 21.6 Å². The zero-order chi connectivity index (χ0) is 27.5. The lowest BCUT2D eigenvalue weighted by Gasteiger charge is -2.28. The maximum Gasteiger partial charge on any atom is 0.304 e. The van der Waals surface area contributed by atoms with Crippen molar-refractivity contribution in [2.24, 2.45) is 0 Å². The number of aryl methyl sites for hydroxylation is 4. The van der Waals surface area contributed by atoms with Crippen molar-refractivity contribution in [2.75, 3.05) is 35.0 Å². The number of nitrogens with one attached hydrogen (secondary N) is 2. The molecule has 0 unspecified atom stereocenters. The fourth-order valence-electron chi connectivity index (χ4n) is 3.48. The third kappa shape index (κ3) is 6.81. The van der Waals surface area contributed by atoms with Crippen LogP contribution in [-0.2, 0) is 25.0 Å². The molecule has 3 aromatic rings. The van der Waals surface area contributed by atoms with Gasteiger partial charge in [-0.2, -0.15) is 12.7 Å². The van der Waals surface area contributed by atoms with Crippen molar-refractivity contribution in [1.82, 2.24) is 14.3 Å². The number of hydrogen-bond acceptors (Lipinski definition) is 7. The normalized spacial score (nSPS) is 11.9. The second-order valence-corrected chi connectivity index (χ2v) is 12.5. The Morgan fingerprint density at radius 2 is 1.46 bits per heavy atom. The summed E-state index contributed by atoms with van der Waals surface area (Å²) in [5, 5.41) is 2.63. The highest BCUT2D eigenvalue weighted by atomic mass is 32.2. The summed E-state index contributed by atoms with van der Waals surface area (Å²) in [5.74, 6) is -0.632. The van der Waals surface area contributed by atoms with Gasteiger partial charge in [0.25, 0.3) is 10.0 Å². The average molecular weight is 547 g/mol. The molecule has 198 valence electrons. The lowest BCUT2D eigenvalue weighted by atomic mass is 10.1. The number of nitrogens with zero attached hydrogens (tertiary/aromatic N) is 4. The zero-order valence-electron chi connectivity index (χ0n) is 21.5. The second-order valence-electron chi connectivity index (χ2n) is 8.74. The zero-order valence-corrected chi connectivity index (χ0v) is 23.1. The van der Waals surface area contributed by atoms with Gasteiger partial charge in [0, 0.05) is 31.2 Å². The summed E-state index contributed by atoms with van der Waals surface area (Å²) in [6.45, 7) is 6.59. The molecule has 2 aromatic carbocycles. The lowest BCUT2D eigenvalue weighted by Crippen LogP contribution is -2.44. The fraction of sp³-hybridized carbons (Fsp3) is 0.292.